The minimum Gasteiger partial charge on any atom is -0.384 e. The average Bonchev–Trinajstić information content (AvgIpc) is 2.78. The molecule has 0 fully saturated rings. The number of fused-ring (bicyclic) bond motifs is 1. The van der Waals surface area contributed by atoms with Crippen molar-refractivity contribution in [2.75, 3.05) is 11.4 Å². The monoisotopic (exact) mass is 295 g/mol. The zero-order valence-electron chi connectivity index (χ0n) is 13.2. The minimum atomic E-state index is -0.663. The van der Waals surface area contributed by atoms with Crippen LogP contribution in [0.25, 0.3) is 0 Å². The molecule has 1 heterocycles. The lowest BCUT2D eigenvalue weighted by Crippen LogP contribution is -2.27. The molecule has 0 saturated heterocycles. The number of amides is 1. The van der Waals surface area contributed by atoms with E-state index in [1.807, 2.05) is 68.1 Å². The Morgan fingerprint density at radius 1 is 1.14 bits per heavy atom. The summed E-state index contributed by atoms with van der Waals surface area (Å²) in [4.78, 5) is 14.1. The lowest BCUT2D eigenvalue weighted by molar-refractivity contribution is -0.118. The van der Waals surface area contributed by atoms with Gasteiger partial charge in [0.25, 0.3) is 0 Å². The second-order valence-electron chi connectivity index (χ2n) is 5.94. The van der Waals surface area contributed by atoms with E-state index in [1.165, 1.54) is 5.56 Å². The van der Waals surface area contributed by atoms with Crippen molar-refractivity contribution in [3.63, 3.8) is 0 Å². The molecule has 2 aromatic rings. The molecule has 3 heteroatoms. The van der Waals surface area contributed by atoms with E-state index in [9.17, 15) is 9.90 Å². The predicted molar refractivity (Wildman–Crippen MR) is 88.1 cm³/mol. The number of likely N-dealkylation sites (N-methyl/N-ethyl adjacent to an activating group) is 1. The maximum absolute atomic E-state index is 12.2. The van der Waals surface area contributed by atoms with Crippen LogP contribution in [0, 0.1) is 6.92 Å². The first-order valence-electron chi connectivity index (χ1n) is 7.72. The molecule has 2 aromatic carbocycles. The zero-order valence-corrected chi connectivity index (χ0v) is 13.2. The van der Waals surface area contributed by atoms with E-state index >= 15 is 0 Å². The first-order valence-corrected chi connectivity index (χ1v) is 7.72. The topological polar surface area (TPSA) is 40.5 Å². The molecule has 2 unspecified atom stereocenters. The molecule has 22 heavy (non-hydrogen) atoms. The molecule has 1 aliphatic heterocycles. The van der Waals surface area contributed by atoms with Gasteiger partial charge in [0, 0.05) is 12.2 Å². The Labute approximate surface area is 131 Å². The van der Waals surface area contributed by atoms with Crippen LogP contribution in [0.3, 0.4) is 0 Å². The summed E-state index contributed by atoms with van der Waals surface area (Å²) in [6.07, 6.45) is -0.663. The molecule has 0 radical (unpaired) electrons. The largest absolute Gasteiger partial charge is 0.384 e. The molecule has 3 rings (SSSR count). The number of aliphatic hydroxyl groups excluding tert-OH is 1. The standard InChI is InChI=1S/C19H21NO2/c1-4-20-17-10-9-15(11-16(17)13(3)19(20)22)18(21)14-7-5-12(2)6-8-14/h5-11,13,18,21H,4H2,1-3H3. The molecule has 2 atom stereocenters. The van der Waals surface area contributed by atoms with Crippen LogP contribution in [-0.2, 0) is 4.79 Å². The molecular weight excluding hydrogens is 274 g/mol. The van der Waals surface area contributed by atoms with Gasteiger partial charge in [-0.15, -0.1) is 0 Å². The Morgan fingerprint density at radius 3 is 2.41 bits per heavy atom. The van der Waals surface area contributed by atoms with Crippen molar-refractivity contribution in [3.8, 4) is 0 Å². The number of benzene rings is 2. The predicted octanol–water partition coefficient (Wildman–Crippen LogP) is 3.55. The van der Waals surface area contributed by atoms with Crippen molar-refractivity contribution in [2.45, 2.75) is 32.8 Å². The molecule has 0 aliphatic carbocycles. The van der Waals surface area contributed by atoms with E-state index in [0.29, 0.717) is 6.54 Å². The van der Waals surface area contributed by atoms with E-state index in [4.69, 9.17) is 0 Å². The van der Waals surface area contributed by atoms with E-state index < -0.39 is 6.10 Å². The fourth-order valence-corrected chi connectivity index (χ4v) is 3.09. The number of rotatable bonds is 3. The van der Waals surface area contributed by atoms with E-state index in [2.05, 4.69) is 0 Å². The maximum atomic E-state index is 12.2. The van der Waals surface area contributed by atoms with Gasteiger partial charge in [-0.25, -0.2) is 0 Å². The third-order valence-electron chi connectivity index (χ3n) is 4.47. The molecular formula is C19H21NO2. The molecule has 1 amide bonds. The summed E-state index contributed by atoms with van der Waals surface area (Å²) in [5, 5.41) is 10.6. The minimum absolute atomic E-state index is 0.138. The number of anilines is 1. The van der Waals surface area contributed by atoms with E-state index in [0.717, 1.165) is 22.4 Å². The average molecular weight is 295 g/mol. The van der Waals surface area contributed by atoms with Gasteiger partial charge in [0.05, 0.1) is 5.92 Å². The van der Waals surface area contributed by atoms with Gasteiger partial charge in [0.2, 0.25) is 5.91 Å². The molecule has 1 N–H and O–H groups in total. The van der Waals surface area contributed by atoms with Crippen molar-refractivity contribution in [2.24, 2.45) is 0 Å². The molecule has 0 bridgehead atoms. The quantitative estimate of drug-likeness (QED) is 0.940. The molecule has 0 aromatic heterocycles. The van der Waals surface area contributed by atoms with Gasteiger partial charge in [-0.2, -0.15) is 0 Å². The van der Waals surface area contributed by atoms with Crippen LogP contribution in [0.2, 0.25) is 0 Å². The number of carbonyl (C=O) groups is 1. The van der Waals surface area contributed by atoms with Crippen LogP contribution in [0.15, 0.2) is 42.5 Å². The highest BCUT2D eigenvalue weighted by Crippen LogP contribution is 2.39. The van der Waals surface area contributed by atoms with E-state index in [-0.39, 0.29) is 11.8 Å². The number of hydrogen-bond donors (Lipinski definition) is 1. The van der Waals surface area contributed by atoms with E-state index in [1.54, 1.807) is 0 Å². The summed E-state index contributed by atoms with van der Waals surface area (Å²) in [5.41, 5.74) is 4.85. The lowest BCUT2D eigenvalue weighted by atomic mass is 9.95. The first-order chi connectivity index (χ1) is 10.5. The van der Waals surface area contributed by atoms with Gasteiger partial charge in [0.15, 0.2) is 0 Å². The van der Waals surface area contributed by atoms with Gasteiger partial charge in [0.1, 0.15) is 6.10 Å². The van der Waals surface area contributed by atoms with Crippen LogP contribution in [-0.4, -0.2) is 17.6 Å². The fraction of sp³-hybridized carbons (Fsp3) is 0.316. The molecule has 1 aliphatic rings. The third-order valence-corrected chi connectivity index (χ3v) is 4.47. The van der Waals surface area contributed by atoms with Crippen LogP contribution < -0.4 is 4.90 Å². The number of hydrogen-bond acceptors (Lipinski definition) is 2. The lowest BCUT2D eigenvalue weighted by Gasteiger charge is -2.16. The van der Waals surface area contributed by atoms with Crippen LogP contribution in [0.4, 0.5) is 5.69 Å². The molecule has 3 nitrogen and oxygen atoms in total. The van der Waals surface area contributed by atoms with Gasteiger partial charge in [-0.05, 0) is 49.6 Å². The highest BCUT2D eigenvalue weighted by Gasteiger charge is 2.33. The Morgan fingerprint density at radius 2 is 1.77 bits per heavy atom. The number of carbonyl (C=O) groups excluding carboxylic acids is 1. The number of nitrogens with zero attached hydrogens (tertiary/aromatic N) is 1. The SMILES string of the molecule is CCN1C(=O)C(C)c2cc(C(O)c3ccc(C)cc3)ccc21. The molecule has 114 valence electrons. The van der Waals surface area contributed by atoms with Crippen molar-refractivity contribution >= 4 is 11.6 Å². The van der Waals surface area contributed by atoms with Crippen molar-refractivity contribution in [3.05, 3.63) is 64.7 Å². The van der Waals surface area contributed by atoms with Crippen LogP contribution >= 0.6 is 0 Å². The second kappa shape index (κ2) is 5.58. The third kappa shape index (κ3) is 2.32. The van der Waals surface area contributed by atoms with Crippen molar-refractivity contribution in [1.82, 2.24) is 0 Å². The van der Waals surface area contributed by atoms with Crippen LogP contribution in [0.5, 0.6) is 0 Å². The highest BCUT2D eigenvalue weighted by molar-refractivity contribution is 6.04. The second-order valence-corrected chi connectivity index (χ2v) is 5.94. The number of aliphatic hydroxyl groups is 1. The smallest absolute Gasteiger partial charge is 0.234 e. The van der Waals surface area contributed by atoms with Crippen LogP contribution in [0.1, 0.15) is 48.1 Å². The Kier molecular flexibility index (Phi) is 3.75. The zero-order chi connectivity index (χ0) is 15.9. The number of aryl methyl sites for hydroxylation is 1. The summed E-state index contributed by atoms with van der Waals surface area (Å²) >= 11 is 0. The maximum Gasteiger partial charge on any atom is 0.234 e. The van der Waals surface area contributed by atoms with Crippen molar-refractivity contribution < 1.29 is 9.90 Å². The highest BCUT2D eigenvalue weighted by atomic mass is 16.3. The van der Waals surface area contributed by atoms with Gasteiger partial charge in [-0.3, -0.25) is 4.79 Å². The fourth-order valence-electron chi connectivity index (χ4n) is 3.09. The van der Waals surface area contributed by atoms with Gasteiger partial charge in [-0.1, -0.05) is 35.9 Å². The Balaban J connectivity index is 1.97. The summed E-state index contributed by atoms with van der Waals surface area (Å²) in [5.74, 6) is -0.000376. The normalized spacial score (nSPS) is 18.5. The molecule has 0 saturated carbocycles. The Hall–Kier alpha value is -2.13. The first kappa shape index (κ1) is 14.8. The Bertz CT molecular complexity index is 706. The summed E-state index contributed by atoms with van der Waals surface area (Å²) in [6, 6.07) is 13.7. The summed E-state index contributed by atoms with van der Waals surface area (Å²) in [6.45, 7) is 6.61. The molecule has 0 spiro atoms. The van der Waals surface area contributed by atoms with Crippen molar-refractivity contribution in [1.29, 1.82) is 0 Å². The summed E-state index contributed by atoms with van der Waals surface area (Å²) in [7, 11) is 0. The van der Waals surface area contributed by atoms with Gasteiger partial charge < -0.3 is 10.0 Å². The van der Waals surface area contributed by atoms with Gasteiger partial charge >= 0.3 is 0 Å². The summed E-state index contributed by atoms with van der Waals surface area (Å²) < 4.78 is 0.